The summed E-state index contributed by atoms with van der Waals surface area (Å²) in [7, 11) is 0. The molecule has 3 aromatic rings. The molecule has 0 radical (unpaired) electrons. The Kier molecular flexibility index (Phi) is 3.69. The Morgan fingerprint density at radius 2 is 1.32 bits per heavy atom. The fourth-order valence-electron chi connectivity index (χ4n) is 1.91. The van der Waals surface area contributed by atoms with Crippen molar-refractivity contribution in [1.82, 2.24) is 0 Å². The van der Waals surface area contributed by atoms with Gasteiger partial charge in [0.2, 0.25) is 0 Å². The van der Waals surface area contributed by atoms with Gasteiger partial charge in [0, 0.05) is 29.3 Å². The largest absolute Gasteiger partial charge is 0.140 e. The maximum absolute atomic E-state index is 2.24. The van der Waals surface area contributed by atoms with E-state index in [0.29, 0.717) is 0 Å². The van der Waals surface area contributed by atoms with Crippen molar-refractivity contribution in [3.05, 3.63) is 52.2 Å². The highest BCUT2D eigenvalue weighted by molar-refractivity contribution is 7.26. The van der Waals surface area contributed by atoms with Crippen LogP contribution in [0.1, 0.15) is 16.7 Å². The van der Waals surface area contributed by atoms with Crippen LogP contribution in [-0.4, -0.2) is 0 Å². The summed E-state index contributed by atoms with van der Waals surface area (Å²) in [5.74, 6) is 0. The van der Waals surface area contributed by atoms with Crippen LogP contribution in [0.4, 0.5) is 0 Å². The molecule has 0 aliphatic rings. The molecule has 0 saturated carbocycles. The maximum Gasteiger partial charge on any atom is 0.0449 e. The van der Waals surface area contributed by atoms with E-state index in [-0.39, 0.29) is 0 Å². The van der Waals surface area contributed by atoms with E-state index in [4.69, 9.17) is 0 Å². The summed E-state index contributed by atoms with van der Waals surface area (Å²) >= 11 is 5.60. The molecular formula is C16H14S3. The molecule has 3 rings (SSSR count). The number of hydrogen-bond acceptors (Lipinski definition) is 3. The van der Waals surface area contributed by atoms with Gasteiger partial charge in [-0.05, 0) is 56.3 Å². The van der Waals surface area contributed by atoms with E-state index in [1.807, 2.05) is 34.0 Å². The third-order valence-electron chi connectivity index (χ3n) is 2.79. The van der Waals surface area contributed by atoms with Crippen molar-refractivity contribution in [1.29, 1.82) is 0 Å². The molecule has 0 fully saturated rings. The zero-order chi connectivity index (χ0) is 13.2. The average molecular weight is 302 g/mol. The quantitative estimate of drug-likeness (QED) is 0.515. The highest BCUT2D eigenvalue weighted by Crippen LogP contribution is 2.39. The highest BCUT2D eigenvalue weighted by Gasteiger charge is 2.08. The lowest BCUT2D eigenvalue weighted by Crippen LogP contribution is -1.57. The predicted octanol–water partition coefficient (Wildman–Crippen LogP) is 6.55. The van der Waals surface area contributed by atoms with Gasteiger partial charge in [-0.25, -0.2) is 0 Å². The van der Waals surface area contributed by atoms with E-state index in [1.165, 1.54) is 29.3 Å². The van der Waals surface area contributed by atoms with Gasteiger partial charge < -0.3 is 0 Å². The molecule has 0 aliphatic carbocycles. The molecule has 0 saturated heterocycles. The fraction of sp³-hybridized carbons (Fsp3) is 0.125. The number of allylic oxidation sites excluding steroid dienone is 1. The molecule has 0 unspecified atom stereocenters. The summed E-state index contributed by atoms with van der Waals surface area (Å²) in [5, 5.41) is 0. The predicted molar refractivity (Wildman–Crippen MR) is 90.4 cm³/mol. The molecule has 0 aliphatic heterocycles. The topological polar surface area (TPSA) is 0 Å². The summed E-state index contributed by atoms with van der Waals surface area (Å²) in [6, 6.07) is 13.3. The van der Waals surface area contributed by atoms with Crippen LogP contribution in [0.15, 0.2) is 42.5 Å². The first-order valence-electron chi connectivity index (χ1n) is 6.16. The van der Waals surface area contributed by atoms with Gasteiger partial charge in [0.1, 0.15) is 0 Å². The van der Waals surface area contributed by atoms with Crippen molar-refractivity contribution < 1.29 is 0 Å². The van der Waals surface area contributed by atoms with Crippen molar-refractivity contribution in [3.8, 4) is 19.5 Å². The van der Waals surface area contributed by atoms with E-state index >= 15 is 0 Å². The molecular weight excluding hydrogens is 288 g/mol. The molecule has 3 aromatic heterocycles. The van der Waals surface area contributed by atoms with Gasteiger partial charge in [0.05, 0.1) is 0 Å². The molecule has 3 heterocycles. The lowest BCUT2D eigenvalue weighted by molar-refractivity contribution is 1.64. The molecule has 0 aromatic carbocycles. The Labute approximate surface area is 125 Å². The van der Waals surface area contributed by atoms with Crippen LogP contribution in [0.2, 0.25) is 0 Å². The van der Waals surface area contributed by atoms with Crippen LogP contribution >= 0.6 is 34.0 Å². The van der Waals surface area contributed by atoms with Crippen molar-refractivity contribution in [2.75, 3.05) is 0 Å². The third kappa shape index (κ3) is 2.73. The minimum absolute atomic E-state index is 1.32. The van der Waals surface area contributed by atoms with Crippen molar-refractivity contribution in [2.45, 2.75) is 13.8 Å². The summed E-state index contributed by atoms with van der Waals surface area (Å²) in [4.78, 5) is 8.16. The smallest absolute Gasteiger partial charge is 0.0449 e. The minimum Gasteiger partial charge on any atom is -0.140 e. The standard InChI is InChI=1S/C16H14S3/c1-3-4-12-6-8-14(18-12)16-10-9-15(19-16)13-7-5-11(2)17-13/h3-10H,1-2H3/b4-3+. The van der Waals surface area contributed by atoms with E-state index in [2.05, 4.69) is 62.4 Å². The number of rotatable bonds is 3. The molecule has 0 nitrogen and oxygen atoms in total. The van der Waals surface area contributed by atoms with Gasteiger partial charge in [-0.15, -0.1) is 34.0 Å². The number of aryl methyl sites for hydroxylation is 1. The first-order valence-corrected chi connectivity index (χ1v) is 8.61. The van der Waals surface area contributed by atoms with Gasteiger partial charge >= 0.3 is 0 Å². The van der Waals surface area contributed by atoms with E-state index in [0.717, 1.165) is 0 Å². The van der Waals surface area contributed by atoms with Crippen molar-refractivity contribution >= 4 is 40.1 Å². The zero-order valence-electron chi connectivity index (χ0n) is 10.8. The highest BCUT2D eigenvalue weighted by atomic mass is 32.1. The fourth-order valence-corrected chi connectivity index (χ4v) is 4.94. The van der Waals surface area contributed by atoms with Gasteiger partial charge in [0.15, 0.2) is 0 Å². The maximum atomic E-state index is 2.24. The number of thiophene rings is 3. The Bertz CT molecular complexity index is 710. The first-order chi connectivity index (χ1) is 9.26. The summed E-state index contributed by atoms with van der Waals surface area (Å²) in [5.41, 5.74) is 0. The number of hydrogen-bond donors (Lipinski definition) is 0. The molecule has 3 heteroatoms. The van der Waals surface area contributed by atoms with Gasteiger partial charge in [0.25, 0.3) is 0 Å². The van der Waals surface area contributed by atoms with Crippen LogP contribution in [0.5, 0.6) is 0 Å². The summed E-state index contributed by atoms with van der Waals surface area (Å²) in [6.45, 7) is 4.22. The van der Waals surface area contributed by atoms with E-state index in [1.54, 1.807) is 0 Å². The van der Waals surface area contributed by atoms with Crippen LogP contribution in [0.25, 0.3) is 25.6 Å². The monoisotopic (exact) mass is 302 g/mol. The Balaban J connectivity index is 1.92. The molecule has 0 bridgehead atoms. The SMILES string of the molecule is C/C=C/c1ccc(-c2ccc(-c3ccc(C)s3)s2)s1. The second kappa shape index (κ2) is 5.45. The molecule has 0 N–H and O–H groups in total. The summed E-state index contributed by atoms with van der Waals surface area (Å²) in [6.07, 6.45) is 4.25. The van der Waals surface area contributed by atoms with E-state index < -0.39 is 0 Å². The first kappa shape index (κ1) is 12.9. The normalized spacial score (nSPS) is 11.5. The molecule has 96 valence electrons. The third-order valence-corrected chi connectivity index (χ3v) is 6.32. The lowest BCUT2D eigenvalue weighted by Gasteiger charge is -1.90. The molecule has 0 atom stereocenters. The van der Waals surface area contributed by atoms with Crippen molar-refractivity contribution in [3.63, 3.8) is 0 Å². The van der Waals surface area contributed by atoms with Crippen LogP contribution < -0.4 is 0 Å². The van der Waals surface area contributed by atoms with Crippen LogP contribution in [-0.2, 0) is 0 Å². The molecule has 0 amide bonds. The average Bonchev–Trinajstić information content (AvgIpc) is 3.07. The van der Waals surface area contributed by atoms with Crippen LogP contribution in [0, 0.1) is 6.92 Å². The molecule has 0 spiro atoms. The Hall–Kier alpha value is -1.16. The van der Waals surface area contributed by atoms with Gasteiger partial charge in [-0.1, -0.05) is 6.08 Å². The van der Waals surface area contributed by atoms with Crippen LogP contribution in [0.3, 0.4) is 0 Å². The van der Waals surface area contributed by atoms with E-state index in [9.17, 15) is 0 Å². The van der Waals surface area contributed by atoms with Gasteiger partial charge in [-0.2, -0.15) is 0 Å². The second-order valence-corrected chi connectivity index (χ2v) is 7.76. The minimum atomic E-state index is 1.32. The second-order valence-electron chi connectivity index (χ2n) is 4.28. The summed E-state index contributed by atoms with van der Waals surface area (Å²) < 4.78 is 0. The molecule has 19 heavy (non-hydrogen) atoms. The zero-order valence-corrected chi connectivity index (χ0v) is 13.3. The van der Waals surface area contributed by atoms with Gasteiger partial charge in [-0.3, -0.25) is 0 Å². The van der Waals surface area contributed by atoms with Crippen molar-refractivity contribution in [2.24, 2.45) is 0 Å². The Morgan fingerprint density at radius 3 is 1.95 bits per heavy atom. The Morgan fingerprint density at radius 1 is 0.737 bits per heavy atom. The lowest BCUT2D eigenvalue weighted by atomic mass is 10.3.